The van der Waals surface area contributed by atoms with Crippen molar-refractivity contribution in [2.75, 3.05) is 11.9 Å². The number of nitrogens with one attached hydrogen (secondary N) is 2. The Hall–Kier alpha value is -1.65. The van der Waals surface area contributed by atoms with Crippen LogP contribution in [-0.4, -0.2) is 11.5 Å². The van der Waals surface area contributed by atoms with E-state index in [1.165, 1.54) is 49.3 Å². The van der Waals surface area contributed by atoms with Gasteiger partial charge in [-0.1, -0.05) is 18.0 Å². The summed E-state index contributed by atoms with van der Waals surface area (Å²) in [6.07, 6.45) is 8.58. The molecule has 2 aliphatic carbocycles. The van der Waals surface area contributed by atoms with Crippen molar-refractivity contribution >= 4 is 23.1 Å². The first-order chi connectivity index (χ1) is 12.2. The molecule has 2 aromatic rings. The van der Waals surface area contributed by atoms with Gasteiger partial charge in [0.15, 0.2) is 0 Å². The number of hydrogen-bond acceptors (Lipinski definition) is 3. The van der Waals surface area contributed by atoms with Gasteiger partial charge in [0.2, 0.25) is 0 Å². The van der Waals surface area contributed by atoms with Crippen LogP contribution in [0.3, 0.4) is 0 Å². The van der Waals surface area contributed by atoms with Crippen molar-refractivity contribution in [3.05, 3.63) is 52.4 Å². The first-order valence-corrected chi connectivity index (χ1v) is 9.48. The minimum atomic E-state index is -0.410. The largest absolute Gasteiger partial charge is 0.340 e. The van der Waals surface area contributed by atoms with Crippen molar-refractivity contribution < 1.29 is 4.39 Å². The Labute approximate surface area is 153 Å². The number of anilines is 2. The summed E-state index contributed by atoms with van der Waals surface area (Å²) in [6.45, 7) is 2.00. The van der Waals surface area contributed by atoms with Gasteiger partial charge in [-0.05, 0) is 79.5 Å². The fourth-order valence-electron chi connectivity index (χ4n) is 3.32. The minimum Gasteiger partial charge on any atom is -0.340 e. The van der Waals surface area contributed by atoms with E-state index in [0.29, 0.717) is 5.92 Å². The van der Waals surface area contributed by atoms with Gasteiger partial charge in [-0.3, -0.25) is 0 Å². The van der Waals surface area contributed by atoms with E-state index in [4.69, 9.17) is 11.6 Å². The maximum atomic E-state index is 13.3. The Morgan fingerprint density at radius 3 is 2.68 bits per heavy atom. The van der Waals surface area contributed by atoms with E-state index in [-0.39, 0.29) is 5.02 Å². The summed E-state index contributed by atoms with van der Waals surface area (Å²) in [5.74, 6) is 1.89. The van der Waals surface area contributed by atoms with Crippen LogP contribution in [-0.2, 0) is 6.54 Å². The number of rotatable bonds is 7. The summed E-state index contributed by atoms with van der Waals surface area (Å²) >= 11 is 5.85. The van der Waals surface area contributed by atoms with Crippen molar-refractivity contribution in [1.82, 2.24) is 10.3 Å². The number of benzene rings is 1. The van der Waals surface area contributed by atoms with E-state index >= 15 is 0 Å². The topological polar surface area (TPSA) is 37.0 Å². The van der Waals surface area contributed by atoms with Crippen LogP contribution in [0.25, 0.3) is 0 Å². The molecule has 1 aromatic heterocycles. The molecule has 0 saturated heterocycles. The summed E-state index contributed by atoms with van der Waals surface area (Å²) in [7, 11) is 0. The number of hydrogen-bond donors (Lipinski definition) is 2. The SMILES string of the molecule is Fc1ccc(Nc2cc(C3CC3)c(CNCC3CCC3)cn2)cc1Cl. The van der Waals surface area contributed by atoms with Crippen molar-refractivity contribution in [1.29, 1.82) is 0 Å². The van der Waals surface area contributed by atoms with Crippen LogP contribution in [0.1, 0.15) is 49.1 Å². The van der Waals surface area contributed by atoms with Crippen molar-refractivity contribution in [2.24, 2.45) is 5.92 Å². The van der Waals surface area contributed by atoms with E-state index in [9.17, 15) is 4.39 Å². The van der Waals surface area contributed by atoms with Gasteiger partial charge in [0.25, 0.3) is 0 Å². The number of halogens is 2. The highest BCUT2D eigenvalue weighted by Gasteiger charge is 2.27. The number of aromatic nitrogens is 1. The Bertz CT molecular complexity index is 757. The molecule has 0 aliphatic heterocycles. The third-order valence-corrected chi connectivity index (χ3v) is 5.49. The quantitative estimate of drug-likeness (QED) is 0.696. The molecule has 3 nitrogen and oxygen atoms in total. The molecular weight excluding hydrogens is 337 g/mol. The predicted molar refractivity (Wildman–Crippen MR) is 100.0 cm³/mol. The van der Waals surface area contributed by atoms with Crippen molar-refractivity contribution in [3.8, 4) is 0 Å². The van der Waals surface area contributed by atoms with Crippen LogP contribution in [0.4, 0.5) is 15.9 Å². The predicted octanol–water partition coefficient (Wildman–Crippen LogP) is 5.38. The fraction of sp³-hybridized carbons (Fsp3) is 0.450. The molecule has 25 heavy (non-hydrogen) atoms. The third-order valence-electron chi connectivity index (χ3n) is 5.20. The van der Waals surface area contributed by atoms with Crippen LogP contribution in [0.5, 0.6) is 0 Å². The van der Waals surface area contributed by atoms with Crippen molar-refractivity contribution in [2.45, 2.75) is 44.6 Å². The first kappa shape index (κ1) is 16.8. The standard InChI is InChI=1S/C20H23ClFN3/c21-18-8-16(6-7-19(18)22)25-20-9-17(14-4-5-14)15(12-24-20)11-23-10-13-2-1-3-13/h6-9,12-14,23H,1-5,10-11H2,(H,24,25). The average Bonchev–Trinajstić information content (AvgIpc) is 3.39. The zero-order chi connectivity index (χ0) is 17.2. The fourth-order valence-corrected chi connectivity index (χ4v) is 3.50. The van der Waals surface area contributed by atoms with E-state index in [1.54, 1.807) is 12.1 Å². The molecule has 132 valence electrons. The van der Waals surface area contributed by atoms with Crippen LogP contribution in [0.2, 0.25) is 5.02 Å². The summed E-state index contributed by atoms with van der Waals surface area (Å²) in [6, 6.07) is 6.76. The molecule has 2 saturated carbocycles. The number of pyridine rings is 1. The molecule has 0 spiro atoms. The van der Waals surface area contributed by atoms with E-state index < -0.39 is 5.82 Å². The molecule has 0 amide bonds. The molecule has 0 bridgehead atoms. The van der Waals surface area contributed by atoms with Gasteiger partial charge < -0.3 is 10.6 Å². The van der Waals surface area contributed by atoms with Gasteiger partial charge in [-0.25, -0.2) is 9.37 Å². The van der Waals surface area contributed by atoms with Gasteiger partial charge in [0, 0.05) is 18.4 Å². The molecule has 2 N–H and O–H groups in total. The highest BCUT2D eigenvalue weighted by molar-refractivity contribution is 6.31. The summed E-state index contributed by atoms with van der Waals surface area (Å²) in [5, 5.41) is 6.94. The molecule has 0 unspecified atom stereocenters. The zero-order valence-corrected chi connectivity index (χ0v) is 15.0. The van der Waals surface area contributed by atoms with Crippen LogP contribution < -0.4 is 10.6 Å². The van der Waals surface area contributed by atoms with Gasteiger partial charge in [0.1, 0.15) is 11.6 Å². The third kappa shape index (κ3) is 4.13. The van der Waals surface area contributed by atoms with E-state index in [0.717, 1.165) is 30.5 Å². The molecule has 2 aliphatic rings. The lowest BCUT2D eigenvalue weighted by Gasteiger charge is -2.25. The van der Waals surface area contributed by atoms with Crippen LogP contribution >= 0.6 is 11.6 Å². The first-order valence-electron chi connectivity index (χ1n) is 9.10. The minimum absolute atomic E-state index is 0.115. The smallest absolute Gasteiger partial charge is 0.141 e. The Balaban J connectivity index is 1.45. The average molecular weight is 360 g/mol. The Morgan fingerprint density at radius 2 is 2.00 bits per heavy atom. The van der Waals surface area contributed by atoms with E-state index in [2.05, 4.69) is 21.7 Å². The Morgan fingerprint density at radius 1 is 1.16 bits per heavy atom. The zero-order valence-electron chi connectivity index (χ0n) is 14.2. The summed E-state index contributed by atoms with van der Waals surface area (Å²) < 4.78 is 13.3. The molecule has 5 heteroatoms. The molecule has 2 fully saturated rings. The van der Waals surface area contributed by atoms with Crippen LogP contribution in [0.15, 0.2) is 30.5 Å². The highest BCUT2D eigenvalue weighted by atomic mass is 35.5. The second-order valence-corrected chi connectivity index (χ2v) is 7.63. The molecular formula is C20H23ClFN3. The summed E-state index contributed by atoms with van der Waals surface area (Å²) in [5.41, 5.74) is 3.42. The van der Waals surface area contributed by atoms with Gasteiger partial charge in [-0.2, -0.15) is 0 Å². The summed E-state index contributed by atoms with van der Waals surface area (Å²) in [4.78, 5) is 4.54. The lowest BCUT2D eigenvalue weighted by molar-refractivity contribution is 0.301. The lowest BCUT2D eigenvalue weighted by Crippen LogP contribution is -2.27. The maximum Gasteiger partial charge on any atom is 0.141 e. The Kier molecular flexibility index (Phi) is 4.91. The normalized spacial score (nSPS) is 17.4. The van der Waals surface area contributed by atoms with Gasteiger partial charge in [0.05, 0.1) is 5.02 Å². The van der Waals surface area contributed by atoms with E-state index in [1.807, 2.05) is 6.20 Å². The second-order valence-electron chi connectivity index (χ2n) is 7.22. The monoisotopic (exact) mass is 359 g/mol. The molecule has 1 heterocycles. The maximum absolute atomic E-state index is 13.3. The van der Waals surface area contributed by atoms with Crippen LogP contribution in [0, 0.1) is 11.7 Å². The second kappa shape index (κ2) is 7.30. The van der Waals surface area contributed by atoms with Crippen molar-refractivity contribution in [3.63, 3.8) is 0 Å². The van der Waals surface area contributed by atoms with Gasteiger partial charge in [-0.15, -0.1) is 0 Å². The molecule has 0 radical (unpaired) electrons. The number of nitrogens with zero attached hydrogens (tertiary/aromatic N) is 1. The molecule has 4 rings (SSSR count). The molecule has 1 aromatic carbocycles. The van der Waals surface area contributed by atoms with Gasteiger partial charge >= 0.3 is 0 Å². The lowest BCUT2D eigenvalue weighted by atomic mass is 9.85. The highest BCUT2D eigenvalue weighted by Crippen LogP contribution is 2.42. The molecule has 0 atom stereocenters.